The van der Waals surface area contributed by atoms with E-state index in [1.165, 1.54) is 10.5 Å². The maximum atomic E-state index is 13.7. The van der Waals surface area contributed by atoms with Gasteiger partial charge >= 0.3 is 0 Å². The topological polar surface area (TPSA) is 58.6 Å². The van der Waals surface area contributed by atoms with Crippen LogP contribution in [0.15, 0.2) is 72.4 Å². The van der Waals surface area contributed by atoms with Crippen LogP contribution in [0.2, 0.25) is 0 Å². The molecule has 0 radical (unpaired) electrons. The Morgan fingerprint density at radius 1 is 0.882 bits per heavy atom. The van der Waals surface area contributed by atoms with E-state index in [1.54, 1.807) is 24.3 Å². The third-order valence-electron chi connectivity index (χ3n) is 5.83. The van der Waals surface area contributed by atoms with Gasteiger partial charge in [0.2, 0.25) is 0 Å². The van der Waals surface area contributed by atoms with Crippen molar-refractivity contribution in [2.45, 2.75) is 47.1 Å². The van der Waals surface area contributed by atoms with Gasteiger partial charge in [0.05, 0.1) is 17.4 Å². The van der Waals surface area contributed by atoms with Crippen LogP contribution >= 0.6 is 0 Å². The average Bonchev–Trinajstić information content (AvgIpc) is 3.04. The first-order chi connectivity index (χ1) is 16.3. The zero-order chi connectivity index (χ0) is 24.4. The van der Waals surface area contributed by atoms with E-state index in [0.717, 1.165) is 28.8 Å². The molecule has 4 rings (SSSR count). The number of imide groups is 1. The van der Waals surface area contributed by atoms with E-state index in [2.05, 4.69) is 12.2 Å². The van der Waals surface area contributed by atoms with Crippen molar-refractivity contribution >= 4 is 28.8 Å². The monoisotopic (exact) mass is 454 g/mol. The largest absolute Gasteiger partial charge is 0.491 e. The second kappa shape index (κ2) is 9.56. The van der Waals surface area contributed by atoms with Gasteiger partial charge in [0.15, 0.2) is 0 Å². The Bertz CT molecular complexity index is 1260. The summed E-state index contributed by atoms with van der Waals surface area (Å²) in [6.07, 6.45) is 0.965. The highest BCUT2D eigenvalue weighted by molar-refractivity contribution is 6.46. The molecule has 1 heterocycles. The lowest BCUT2D eigenvalue weighted by Crippen LogP contribution is -2.32. The van der Waals surface area contributed by atoms with Crippen LogP contribution < -0.4 is 15.0 Å². The summed E-state index contributed by atoms with van der Waals surface area (Å²) in [5, 5.41) is 3.24. The SMILES string of the molecule is CCc1ccc(NC2=C(c3ccc(C)cc3C)C(=O)N(c3ccc(OC(C)C)cc3)C2=O)cc1. The molecule has 1 aliphatic rings. The van der Waals surface area contributed by atoms with Crippen LogP contribution in [0.1, 0.15) is 43.0 Å². The van der Waals surface area contributed by atoms with E-state index in [4.69, 9.17) is 4.74 Å². The number of carbonyl (C=O) groups is 2. The fraction of sp³-hybridized carbons (Fsp3) is 0.241. The smallest absolute Gasteiger partial charge is 0.282 e. The lowest BCUT2D eigenvalue weighted by atomic mass is 9.97. The Morgan fingerprint density at radius 2 is 1.56 bits per heavy atom. The van der Waals surface area contributed by atoms with Gasteiger partial charge in [0.25, 0.3) is 11.8 Å². The molecule has 5 heteroatoms. The average molecular weight is 455 g/mol. The zero-order valence-corrected chi connectivity index (χ0v) is 20.3. The van der Waals surface area contributed by atoms with Crippen molar-refractivity contribution in [2.24, 2.45) is 0 Å². The summed E-state index contributed by atoms with van der Waals surface area (Å²) in [7, 11) is 0. The number of hydrogen-bond acceptors (Lipinski definition) is 4. The molecule has 0 unspecified atom stereocenters. The number of ether oxygens (including phenoxy) is 1. The van der Waals surface area contributed by atoms with Crippen LogP contribution in [0.5, 0.6) is 5.75 Å². The standard InChI is InChI=1S/C29H30N2O3/c1-6-21-8-10-22(11-9-21)30-27-26(25-16-7-19(4)17-20(25)5)28(32)31(29(27)33)23-12-14-24(15-13-23)34-18(2)3/h7-18,30H,6H2,1-5H3. The molecule has 2 amide bonds. The Hall–Kier alpha value is -3.86. The Kier molecular flexibility index (Phi) is 6.55. The number of carbonyl (C=O) groups excluding carboxylic acids is 2. The van der Waals surface area contributed by atoms with Crippen molar-refractivity contribution in [2.75, 3.05) is 10.2 Å². The number of nitrogens with one attached hydrogen (secondary N) is 1. The van der Waals surface area contributed by atoms with Crippen molar-refractivity contribution in [3.8, 4) is 5.75 Å². The lowest BCUT2D eigenvalue weighted by Gasteiger charge is -2.17. The van der Waals surface area contributed by atoms with Crippen molar-refractivity contribution in [3.05, 3.63) is 94.7 Å². The van der Waals surface area contributed by atoms with Crippen LogP contribution in [0.4, 0.5) is 11.4 Å². The highest BCUT2D eigenvalue weighted by Crippen LogP contribution is 2.36. The molecule has 1 aliphatic heterocycles. The fourth-order valence-electron chi connectivity index (χ4n) is 4.14. The van der Waals surface area contributed by atoms with E-state index in [0.29, 0.717) is 17.0 Å². The molecule has 0 saturated carbocycles. The summed E-state index contributed by atoms with van der Waals surface area (Å²) in [5.41, 5.74) is 5.92. The molecule has 0 fully saturated rings. The van der Waals surface area contributed by atoms with Gasteiger partial charge in [-0.25, -0.2) is 4.90 Å². The molecule has 0 aliphatic carbocycles. The summed E-state index contributed by atoms with van der Waals surface area (Å²) in [5.74, 6) is -0.0333. The molecule has 5 nitrogen and oxygen atoms in total. The van der Waals surface area contributed by atoms with Gasteiger partial charge in [-0.1, -0.05) is 42.8 Å². The van der Waals surface area contributed by atoms with Crippen LogP contribution in [0.3, 0.4) is 0 Å². The van der Waals surface area contributed by atoms with E-state index in [9.17, 15) is 9.59 Å². The highest BCUT2D eigenvalue weighted by Gasteiger charge is 2.40. The second-order valence-corrected chi connectivity index (χ2v) is 8.85. The maximum absolute atomic E-state index is 13.7. The molecule has 1 N–H and O–H groups in total. The summed E-state index contributed by atoms with van der Waals surface area (Å²) in [6, 6.07) is 20.8. The second-order valence-electron chi connectivity index (χ2n) is 8.85. The van der Waals surface area contributed by atoms with Crippen LogP contribution in [0, 0.1) is 13.8 Å². The van der Waals surface area contributed by atoms with E-state index >= 15 is 0 Å². The predicted octanol–water partition coefficient (Wildman–Crippen LogP) is 6.05. The highest BCUT2D eigenvalue weighted by atomic mass is 16.5. The minimum atomic E-state index is -0.378. The van der Waals surface area contributed by atoms with Gasteiger partial charge in [-0.2, -0.15) is 0 Å². The summed E-state index contributed by atoms with van der Waals surface area (Å²) < 4.78 is 5.71. The third kappa shape index (κ3) is 4.60. The summed E-state index contributed by atoms with van der Waals surface area (Å²) >= 11 is 0. The van der Waals surface area contributed by atoms with Gasteiger partial charge in [0, 0.05) is 5.69 Å². The number of nitrogens with zero attached hydrogens (tertiary/aromatic N) is 1. The van der Waals surface area contributed by atoms with Gasteiger partial charge in [-0.3, -0.25) is 9.59 Å². The molecular formula is C29H30N2O3. The Labute approximate surface area is 201 Å². The van der Waals surface area contributed by atoms with E-state index in [-0.39, 0.29) is 23.6 Å². The number of rotatable bonds is 7. The Morgan fingerprint density at radius 3 is 2.15 bits per heavy atom. The molecule has 0 atom stereocenters. The summed E-state index contributed by atoms with van der Waals surface area (Å²) in [4.78, 5) is 28.5. The molecule has 0 spiro atoms. The number of benzene rings is 3. The van der Waals surface area contributed by atoms with Gasteiger partial charge in [-0.15, -0.1) is 0 Å². The third-order valence-corrected chi connectivity index (χ3v) is 5.83. The van der Waals surface area contributed by atoms with Gasteiger partial charge in [-0.05, 0) is 87.2 Å². The molecule has 174 valence electrons. The molecule has 34 heavy (non-hydrogen) atoms. The number of anilines is 2. The molecule has 3 aromatic rings. The number of aryl methyl sites for hydroxylation is 3. The van der Waals surface area contributed by atoms with Gasteiger partial charge < -0.3 is 10.1 Å². The van der Waals surface area contributed by atoms with Crippen LogP contribution in [0.25, 0.3) is 5.57 Å². The van der Waals surface area contributed by atoms with Crippen LogP contribution in [-0.4, -0.2) is 17.9 Å². The first-order valence-corrected chi connectivity index (χ1v) is 11.6. The molecule has 0 aromatic heterocycles. The van der Waals surface area contributed by atoms with Crippen molar-refractivity contribution in [1.29, 1.82) is 0 Å². The van der Waals surface area contributed by atoms with Crippen molar-refractivity contribution in [3.63, 3.8) is 0 Å². The molecule has 0 saturated heterocycles. The number of amides is 2. The predicted molar refractivity (Wildman–Crippen MR) is 137 cm³/mol. The summed E-state index contributed by atoms with van der Waals surface area (Å²) in [6.45, 7) is 9.96. The van der Waals surface area contributed by atoms with Crippen molar-refractivity contribution in [1.82, 2.24) is 0 Å². The first-order valence-electron chi connectivity index (χ1n) is 11.6. The van der Waals surface area contributed by atoms with Crippen LogP contribution in [-0.2, 0) is 16.0 Å². The fourth-order valence-corrected chi connectivity index (χ4v) is 4.14. The number of hydrogen-bond donors (Lipinski definition) is 1. The molecule has 0 bridgehead atoms. The zero-order valence-electron chi connectivity index (χ0n) is 20.3. The Balaban J connectivity index is 1.76. The molecular weight excluding hydrogens is 424 g/mol. The lowest BCUT2D eigenvalue weighted by molar-refractivity contribution is -0.120. The minimum Gasteiger partial charge on any atom is -0.491 e. The van der Waals surface area contributed by atoms with E-state index in [1.807, 2.05) is 70.2 Å². The van der Waals surface area contributed by atoms with Crippen molar-refractivity contribution < 1.29 is 14.3 Å². The maximum Gasteiger partial charge on any atom is 0.282 e. The quantitative estimate of drug-likeness (QED) is 0.442. The first kappa shape index (κ1) is 23.3. The molecule has 3 aromatic carbocycles. The van der Waals surface area contributed by atoms with E-state index < -0.39 is 0 Å². The normalized spacial score (nSPS) is 13.8. The van der Waals surface area contributed by atoms with Gasteiger partial charge in [0.1, 0.15) is 11.4 Å². The minimum absolute atomic E-state index is 0.0357.